The summed E-state index contributed by atoms with van der Waals surface area (Å²) < 4.78 is 37.7. The first kappa shape index (κ1) is 16.1. The van der Waals surface area contributed by atoms with Crippen LogP contribution in [-0.2, 0) is 11.2 Å². The Labute approximate surface area is 126 Å². The summed E-state index contributed by atoms with van der Waals surface area (Å²) in [5.74, 6) is -0.562. The summed E-state index contributed by atoms with van der Waals surface area (Å²) in [6.45, 7) is 2.03. The molecule has 0 radical (unpaired) electrons. The van der Waals surface area contributed by atoms with Gasteiger partial charge in [-0.3, -0.25) is 4.79 Å². The molecule has 2 nitrogen and oxygen atoms in total. The maximum Gasteiger partial charge on any atom is 0.406 e. The molecule has 0 spiro atoms. The van der Waals surface area contributed by atoms with Gasteiger partial charge < -0.3 is 4.90 Å². The van der Waals surface area contributed by atoms with Crippen LogP contribution in [0.1, 0.15) is 5.56 Å². The summed E-state index contributed by atoms with van der Waals surface area (Å²) in [5.41, 5.74) is 0.722. The lowest BCUT2D eigenvalue weighted by molar-refractivity contribution is -0.159. The zero-order valence-electron chi connectivity index (χ0n) is 11.9. The normalized spacial score (nSPS) is 11.4. The number of alkyl halides is 3. The van der Waals surface area contributed by atoms with Gasteiger partial charge in [0.05, 0.1) is 6.42 Å². The molecular weight excluding hydrogens is 291 g/mol. The van der Waals surface area contributed by atoms with E-state index in [1.807, 2.05) is 30.3 Å². The van der Waals surface area contributed by atoms with E-state index in [1.165, 1.54) is 6.08 Å². The van der Waals surface area contributed by atoms with Crippen molar-refractivity contribution in [3.05, 3.63) is 60.7 Å². The second kappa shape index (κ2) is 6.64. The highest BCUT2D eigenvalue weighted by molar-refractivity contribution is 5.90. The van der Waals surface area contributed by atoms with E-state index in [4.69, 9.17) is 0 Å². The molecule has 0 aliphatic heterocycles. The van der Waals surface area contributed by atoms with Gasteiger partial charge in [-0.25, -0.2) is 0 Å². The third-order valence-electron chi connectivity index (χ3n) is 3.29. The Kier molecular flexibility index (Phi) is 4.85. The lowest BCUT2D eigenvalue weighted by atomic mass is 10.0. The smallest absolute Gasteiger partial charge is 0.330 e. The fraction of sp³-hybridized carbons (Fsp3) is 0.235. The van der Waals surface area contributed by atoms with Crippen molar-refractivity contribution in [2.24, 2.45) is 0 Å². The molecule has 2 rings (SSSR count). The Hall–Kier alpha value is -2.30. The largest absolute Gasteiger partial charge is 0.406 e. The van der Waals surface area contributed by atoms with Crippen LogP contribution in [0.25, 0.3) is 10.8 Å². The highest BCUT2D eigenvalue weighted by Gasteiger charge is 2.32. The Balaban J connectivity index is 2.23. The summed E-state index contributed by atoms with van der Waals surface area (Å²) in [6.07, 6.45) is -3.19. The van der Waals surface area contributed by atoms with E-state index in [2.05, 4.69) is 6.58 Å². The molecule has 0 saturated heterocycles. The number of rotatable bonds is 5. The summed E-state index contributed by atoms with van der Waals surface area (Å²) in [6, 6.07) is 12.9. The first-order valence-corrected chi connectivity index (χ1v) is 6.83. The first-order chi connectivity index (χ1) is 10.4. The SMILES string of the molecule is C=CCN(CC(F)(F)F)C(=O)Cc1cccc2ccccc12. The number of benzene rings is 2. The molecule has 0 aliphatic carbocycles. The minimum atomic E-state index is -4.42. The zero-order valence-corrected chi connectivity index (χ0v) is 11.9. The lowest BCUT2D eigenvalue weighted by Gasteiger charge is -2.23. The Morgan fingerprint density at radius 2 is 1.82 bits per heavy atom. The van der Waals surface area contributed by atoms with Crippen molar-refractivity contribution < 1.29 is 18.0 Å². The monoisotopic (exact) mass is 307 g/mol. The van der Waals surface area contributed by atoms with Crippen LogP contribution in [0.4, 0.5) is 13.2 Å². The molecule has 5 heteroatoms. The summed E-state index contributed by atoms with van der Waals surface area (Å²) >= 11 is 0. The maximum atomic E-state index is 12.6. The fourth-order valence-corrected chi connectivity index (χ4v) is 2.35. The first-order valence-electron chi connectivity index (χ1n) is 6.83. The van der Waals surface area contributed by atoms with Gasteiger partial charge in [-0.1, -0.05) is 48.5 Å². The molecule has 0 unspecified atom stereocenters. The van der Waals surface area contributed by atoms with Crippen molar-refractivity contribution in [3.63, 3.8) is 0 Å². The van der Waals surface area contributed by atoms with Crippen LogP contribution in [0.3, 0.4) is 0 Å². The van der Waals surface area contributed by atoms with Crippen LogP contribution in [0.2, 0.25) is 0 Å². The zero-order chi connectivity index (χ0) is 16.2. The molecule has 116 valence electrons. The minimum absolute atomic E-state index is 0.0642. The van der Waals surface area contributed by atoms with Crippen LogP contribution < -0.4 is 0 Å². The van der Waals surface area contributed by atoms with Gasteiger partial charge in [0.25, 0.3) is 0 Å². The Bertz CT molecular complexity index is 674. The van der Waals surface area contributed by atoms with Crippen molar-refractivity contribution in [1.29, 1.82) is 0 Å². The van der Waals surface area contributed by atoms with E-state index in [0.717, 1.165) is 21.2 Å². The maximum absolute atomic E-state index is 12.6. The van der Waals surface area contributed by atoms with Gasteiger partial charge >= 0.3 is 6.18 Å². The highest BCUT2D eigenvalue weighted by atomic mass is 19.4. The number of halogens is 3. The van der Waals surface area contributed by atoms with Crippen LogP contribution >= 0.6 is 0 Å². The molecule has 0 saturated carbocycles. The molecule has 0 fully saturated rings. The average Bonchev–Trinajstić information content (AvgIpc) is 2.46. The van der Waals surface area contributed by atoms with Gasteiger partial charge in [0, 0.05) is 6.54 Å². The van der Waals surface area contributed by atoms with Crippen molar-refractivity contribution >= 4 is 16.7 Å². The fourth-order valence-electron chi connectivity index (χ4n) is 2.35. The third kappa shape index (κ3) is 4.10. The molecule has 0 aromatic heterocycles. The molecule has 0 aliphatic rings. The Morgan fingerprint density at radius 3 is 2.50 bits per heavy atom. The van der Waals surface area contributed by atoms with Gasteiger partial charge in [-0.05, 0) is 16.3 Å². The van der Waals surface area contributed by atoms with Crippen LogP contribution in [0, 0.1) is 0 Å². The summed E-state index contributed by atoms with van der Waals surface area (Å²) in [7, 11) is 0. The summed E-state index contributed by atoms with van der Waals surface area (Å²) in [4.78, 5) is 13.0. The van der Waals surface area contributed by atoms with Gasteiger partial charge in [0.2, 0.25) is 5.91 Å². The number of carbonyl (C=O) groups excluding carboxylic acids is 1. The van der Waals surface area contributed by atoms with Gasteiger partial charge in [-0.15, -0.1) is 6.58 Å². The van der Waals surface area contributed by atoms with Gasteiger partial charge in [0.1, 0.15) is 6.54 Å². The van der Waals surface area contributed by atoms with Crippen molar-refractivity contribution in [2.75, 3.05) is 13.1 Å². The van der Waals surface area contributed by atoms with Gasteiger partial charge in [0.15, 0.2) is 0 Å². The molecule has 0 atom stereocenters. The molecule has 0 bridgehead atoms. The number of hydrogen-bond acceptors (Lipinski definition) is 1. The van der Waals surface area contributed by atoms with Crippen LogP contribution in [-0.4, -0.2) is 30.1 Å². The van der Waals surface area contributed by atoms with Crippen molar-refractivity contribution in [1.82, 2.24) is 4.90 Å². The molecule has 2 aromatic carbocycles. The van der Waals surface area contributed by atoms with Crippen molar-refractivity contribution in [2.45, 2.75) is 12.6 Å². The van der Waals surface area contributed by atoms with Crippen LogP contribution in [0.15, 0.2) is 55.1 Å². The molecule has 22 heavy (non-hydrogen) atoms. The quantitative estimate of drug-likeness (QED) is 0.766. The van der Waals surface area contributed by atoms with E-state index in [0.29, 0.717) is 0 Å². The van der Waals surface area contributed by atoms with E-state index in [1.54, 1.807) is 12.1 Å². The minimum Gasteiger partial charge on any atom is -0.330 e. The standard InChI is InChI=1S/C17H16F3NO/c1-2-10-21(12-17(18,19)20)16(22)11-14-8-5-7-13-6-3-4-9-15(13)14/h2-9H,1,10-12H2. The molecule has 0 heterocycles. The van der Waals surface area contributed by atoms with Crippen molar-refractivity contribution in [3.8, 4) is 0 Å². The van der Waals surface area contributed by atoms with Gasteiger partial charge in [-0.2, -0.15) is 13.2 Å². The van der Waals surface area contributed by atoms with E-state index < -0.39 is 18.6 Å². The van der Waals surface area contributed by atoms with E-state index in [9.17, 15) is 18.0 Å². The predicted octanol–water partition coefficient (Wildman–Crippen LogP) is 3.96. The summed E-state index contributed by atoms with van der Waals surface area (Å²) in [5, 5.41) is 1.84. The molecule has 2 aromatic rings. The Morgan fingerprint density at radius 1 is 1.14 bits per heavy atom. The predicted molar refractivity (Wildman–Crippen MR) is 80.5 cm³/mol. The highest BCUT2D eigenvalue weighted by Crippen LogP contribution is 2.21. The average molecular weight is 307 g/mol. The number of amides is 1. The van der Waals surface area contributed by atoms with Crippen LogP contribution in [0.5, 0.6) is 0 Å². The van der Waals surface area contributed by atoms with E-state index >= 15 is 0 Å². The molecule has 1 amide bonds. The second-order valence-electron chi connectivity index (χ2n) is 4.99. The van der Waals surface area contributed by atoms with E-state index in [-0.39, 0.29) is 13.0 Å². The number of hydrogen-bond donors (Lipinski definition) is 0. The topological polar surface area (TPSA) is 20.3 Å². The third-order valence-corrected chi connectivity index (χ3v) is 3.29. The number of nitrogens with zero attached hydrogens (tertiary/aromatic N) is 1. The molecule has 0 N–H and O–H groups in total. The number of fused-ring (bicyclic) bond motifs is 1. The lowest BCUT2D eigenvalue weighted by Crippen LogP contribution is -2.39. The second-order valence-corrected chi connectivity index (χ2v) is 4.99. The molecular formula is C17H16F3NO. The number of carbonyl (C=O) groups is 1.